The van der Waals surface area contributed by atoms with E-state index in [0.717, 1.165) is 31.7 Å². The number of hydrogen-bond donors (Lipinski definition) is 0. The van der Waals surface area contributed by atoms with Crippen molar-refractivity contribution in [3.63, 3.8) is 0 Å². The van der Waals surface area contributed by atoms with Crippen LogP contribution in [-0.2, 0) is 11.2 Å². The molecule has 0 aromatic heterocycles. The minimum atomic E-state index is 0.306. The van der Waals surface area contributed by atoms with Gasteiger partial charge in [0.05, 0.1) is 24.3 Å². The van der Waals surface area contributed by atoms with Crippen molar-refractivity contribution in [3.05, 3.63) is 34.3 Å². The van der Waals surface area contributed by atoms with E-state index in [0.29, 0.717) is 28.6 Å². The lowest BCUT2D eigenvalue weighted by Gasteiger charge is -2.21. The molecule has 1 aromatic rings. The molecule has 2 unspecified atom stereocenters. The van der Waals surface area contributed by atoms with Crippen LogP contribution in [0.4, 0.5) is 0 Å². The third-order valence-corrected chi connectivity index (χ3v) is 4.45. The molecule has 1 aromatic carbocycles. The van der Waals surface area contributed by atoms with E-state index < -0.39 is 0 Å². The Morgan fingerprint density at radius 1 is 1.41 bits per heavy atom. The highest BCUT2D eigenvalue weighted by molar-refractivity contribution is 6.30. The van der Waals surface area contributed by atoms with Crippen LogP contribution in [0.25, 0.3) is 0 Å². The fourth-order valence-electron chi connectivity index (χ4n) is 3.11. The number of ether oxygens (including phenoxy) is 1. The number of nitrogens with zero attached hydrogens (tertiary/aromatic N) is 2. The molecule has 0 aliphatic carbocycles. The molecule has 4 heteroatoms. The van der Waals surface area contributed by atoms with Crippen molar-refractivity contribution in [1.29, 1.82) is 5.26 Å². The molecule has 0 bridgehead atoms. The van der Waals surface area contributed by atoms with Gasteiger partial charge in [-0.2, -0.15) is 5.26 Å². The number of nitriles is 1. The summed E-state index contributed by atoms with van der Waals surface area (Å²) in [5.74, 6) is 0.631. The van der Waals surface area contributed by atoms with Crippen molar-refractivity contribution >= 4 is 11.6 Å². The summed E-state index contributed by atoms with van der Waals surface area (Å²) < 4.78 is 5.75. The molecule has 120 valence electrons. The predicted octanol–water partition coefficient (Wildman–Crippen LogP) is 3.89. The van der Waals surface area contributed by atoms with Gasteiger partial charge < -0.3 is 4.74 Å². The molecule has 0 amide bonds. The maximum Gasteiger partial charge on any atom is 0.0992 e. The van der Waals surface area contributed by atoms with Gasteiger partial charge in [-0.3, -0.25) is 4.90 Å². The lowest BCUT2D eigenvalue weighted by molar-refractivity contribution is 0.0530. The summed E-state index contributed by atoms with van der Waals surface area (Å²) >= 11 is 6.07. The van der Waals surface area contributed by atoms with Crippen molar-refractivity contribution in [3.8, 4) is 6.07 Å². The number of benzene rings is 1. The van der Waals surface area contributed by atoms with Gasteiger partial charge in [0.25, 0.3) is 0 Å². The standard InChI is InChI=1S/C18H25ClN2O/c1-13(2)22-12-17-6-14(3)21(11-17)5-4-15-7-16(10-20)9-18(19)8-15/h7-9,13-14,17H,4-6,11-12H2,1-3H3. The Balaban J connectivity index is 1.87. The Bertz CT molecular complexity index is 538. The molecule has 1 aliphatic heterocycles. The summed E-state index contributed by atoms with van der Waals surface area (Å²) in [6.45, 7) is 9.41. The van der Waals surface area contributed by atoms with E-state index in [-0.39, 0.29) is 0 Å². The minimum Gasteiger partial charge on any atom is -0.378 e. The van der Waals surface area contributed by atoms with Crippen LogP contribution in [0, 0.1) is 17.2 Å². The first-order valence-corrected chi connectivity index (χ1v) is 8.41. The normalized spacial score (nSPS) is 22.2. The molecular weight excluding hydrogens is 296 g/mol. The van der Waals surface area contributed by atoms with E-state index in [2.05, 4.69) is 31.7 Å². The second-order valence-electron chi connectivity index (χ2n) is 6.54. The maximum atomic E-state index is 9.01. The third-order valence-electron chi connectivity index (χ3n) is 4.23. The summed E-state index contributed by atoms with van der Waals surface area (Å²) in [4.78, 5) is 2.52. The van der Waals surface area contributed by atoms with E-state index in [9.17, 15) is 0 Å². The number of likely N-dealkylation sites (tertiary alicyclic amines) is 1. The van der Waals surface area contributed by atoms with Crippen LogP contribution in [-0.4, -0.2) is 36.7 Å². The molecule has 1 heterocycles. The Morgan fingerprint density at radius 3 is 2.86 bits per heavy atom. The zero-order valence-corrected chi connectivity index (χ0v) is 14.4. The summed E-state index contributed by atoms with van der Waals surface area (Å²) in [5.41, 5.74) is 1.78. The van der Waals surface area contributed by atoms with Crippen LogP contribution in [0.2, 0.25) is 5.02 Å². The van der Waals surface area contributed by atoms with Crippen molar-refractivity contribution < 1.29 is 4.74 Å². The Labute approximate surface area is 138 Å². The lowest BCUT2D eigenvalue weighted by Crippen LogP contribution is -2.29. The predicted molar refractivity (Wildman–Crippen MR) is 90.1 cm³/mol. The minimum absolute atomic E-state index is 0.306. The molecule has 2 rings (SSSR count). The van der Waals surface area contributed by atoms with Crippen LogP contribution < -0.4 is 0 Å². The lowest BCUT2D eigenvalue weighted by atomic mass is 10.1. The molecular formula is C18H25ClN2O. The van der Waals surface area contributed by atoms with E-state index in [1.807, 2.05) is 12.1 Å². The van der Waals surface area contributed by atoms with Gasteiger partial charge in [0.15, 0.2) is 0 Å². The smallest absolute Gasteiger partial charge is 0.0992 e. The van der Waals surface area contributed by atoms with Crippen LogP contribution >= 0.6 is 11.6 Å². The van der Waals surface area contributed by atoms with Gasteiger partial charge in [0.2, 0.25) is 0 Å². The highest BCUT2D eigenvalue weighted by atomic mass is 35.5. The van der Waals surface area contributed by atoms with Gasteiger partial charge in [-0.05, 0) is 63.3 Å². The molecule has 1 aliphatic rings. The Morgan fingerprint density at radius 2 is 2.18 bits per heavy atom. The Hall–Kier alpha value is -1.08. The molecule has 1 fully saturated rings. The molecule has 0 N–H and O–H groups in total. The van der Waals surface area contributed by atoms with Crippen molar-refractivity contribution in [2.75, 3.05) is 19.7 Å². The molecule has 0 radical (unpaired) electrons. The Kier molecular flexibility index (Phi) is 6.26. The van der Waals surface area contributed by atoms with Gasteiger partial charge in [0, 0.05) is 24.2 Å². The van der Waals surface area contributed by atoms with Gasteiger partial charge in [-0.15, -0.1) is 0 Å². The summed E-state index contributed by atoms with van der Waals surface area (Å²) in [6, 6.07) is 8.37. The van der Waals surface area contributed by atoms with Crippen LogP contribution in [0.1, 0.15) is 38.3 Å². The average Bonchev–Trinajstić information content (AvgIpc) is 2.82. The average molecular weight is 321 g/mol. The van der Waals surface area contributed by atoms with Gasteiger partial charge >= 0.3 is 0 Å². The first-order valence-electron chi connectivity index (χ1n) is 8.03. The maximum absolute atomic E-state index is 9.01. The monoisotopic (exact) mass is 320 g/mol. The SMILES string of the molecule is CC(C)OCC1CC(C)N(CCc2cc(Cl)cc(C#N)c2)C1. The fraction of sp³-hybridized carbons (Fsp3) is 0.611. The number of hydrogen-bond acceptors (Lipinski definition) is 3. The highest BCUT2D eigenvalue weighted by Crippen LogP contribution is 2.24. The van der Waals surface area contributed by atoms with E-state index in [4.69, 9.17) is 21.6 Å². The second kappa shape index (κ2) is 7.97. The van der Waals surface area contributed by atoms with Crippen LogP contribution in [0.15, 0.2) is 18.2 Å². The first-order chi connectivity index (χ1) is 10.5. The first kappa shape index (κ1) is 17.3. The summed E-state index contributed by atoms with van der Waals surface area (Å²) in [5, 5.41) is 9.66. The van der Waals surface area contributed by atoms with Crippen molar-refractivity contribution in [2.45, 2.75) is 45.8 Å². The quantitative estimate of drug-likeness (QED) is 0.798. The molecule has 2 atom stereocenters. The number of halogens is 1. The molecule has 0 saturated carbocycles. The number of rotatable bonds is 6. The van der Waals surface area contributed by atoms with Crippen molar-refractivity contribution in [2.24, 2.45) is 5.92 Å². The van der Waals surface area contributed by atoms with Gasteiger partial charge in [-0.25, -0.2) is 0 Å². The van der Waals surface area contributed by atoms with Gasteiger partial charge in [0.1, 0.15) is 0 Å². The van der Waals surface area contributed by atoms with E-state index >= 15 is 0 Å². The molecule has 22 heavy (non-hydrogen) atoms. The summed E-state index contributed by atoms with van der Waals surface area (Å²) in [7, 11) is 0. The fourth-order valence-corrected chi connectivity index (χ4v) is 3.37. The molecule has 0 spiro atoms. The molecule has 3 nitrogen and oxygen atoms in total. The van der Waals surface area contributed by atoms with Gasteiger partial charge in [-0.1, -0.05) is 11.6 Å². The zero-order chi connectivity index (χ0) is 16.1. The summed E-state index contributed by atoms with van der Waals surface area (Å²) in [6.07, 6.45) is 2.43. The zero-order valence-electron chi connectivity index (χ0n) is 13.7. The van der Waals surface area contributed by atoms with E-state index in [1.165, 1.54) is 6.42 Å². The third kappa shape index (κ3) is 4.98. The van der Waals surface area contributed by atoms with Crippen LogP contribution in [0.3, 0.4) is 0 Å². The highest BCUT2D eigenvalue weighted by Gasteiger charge is 2.28. The second-order valence-corrected chi connectivity index (χ2v) is 6.97. The van der Waals surface area contributed by atoms with E-state index in [1.54, 1.807) is 6.07 Å². The van der Waals surface area contributed by atoms with Crippen LogP contribution in [0.5, 0.6) is 0 Å². The molecule has 1 saturated heterocycles. The topological polar surface area (TPSA) is 36.3 Å². The largest absolute Gasteiger partial charge is 0.378 e. The van der Waals surface area contributed by atoms with Crippen molar-refractivity contribution in [1.82, 2.24) is 4.90 Å².